The number of alkyl halides is 2. The number of nitrogens with one attached hydrogen (secondary N) is 4. The number of carbonyl (C=O) groups is 2. The molecule has 6 heterocycles. The molecule has 6 aliphatic heterocycles. The van der Waals surface area contributed by atoms with Gasteiger partial charge in [0.15, 0.2) is 0 Å². The number of halogens is 2. The van der Waals surface area contributed by atoms with E-state index < -0.39 is 6.43 Å². The smallest absolute Gasteiger partial charge is 0.251 e. The first kappa shape index (κ1) is 28.8. The number of nitrogens with zero attached hydrogens (tertiary/aromatic N) is 4. The zero-order valence-corrected chi connectivity index (χ0v) is 24.9. The monoisotopic (exact) mass is 612 g/mol. The van der Waals surface area contributed by atoms with Gasteiger partial charge in [-0.1, -0.05) is 18.2 Å². The summed E-state index contributed by atoms with van der Waals surface area (Å²) in [5, 5.41) is 18.4. The van der Waals surface area contributed by atoms with Gasteiger partial charge < -0.3 is 15.0 Å². The number of hydrogen-bond donors (Lipinski definition) is 4. The molecule has 44 heavy (non-hydrogen) atoms. The largest absolute Gasteiger partial charge is 0.365 e. The highest BCUT2D eigenvalue weighted by molar-refractivity contribution is 5.82. The first-order chi connectivity index (χ1) is 21.4. The number of morpholine rings is 1. The van der Waals surface area contributed by atoms with E-state index in [4.69, 9.17) is 4.74 Å². The second-order valence-electron chi connectivity index (χ2n) is 13.5. The van der Waals surface area contributed by atoms with Gasteiger partial charge in [0.05, 0.1) is 37.4 Å². The van der Waals surface area contributed by atoms with Crippen molar-refractivity contribution in [1.82, 2.24) is 35.8 Å². The Kier molecular flexibility index (Phi) is 7.38. The molecule has 1 spiro atoms. The van der Waals surface area contributed by atoms with Gasteiger partial charge in [-0.25, -0.2) is 8.78 Å². The number of anilines is 1. The van der Waals surface area contributed by atoms with E-state index in [0.29, 0.717) is 32.7 Å². The maximum Gasteiger partial charge on any atom is 0.251 e. The summed E-state index contributed by atoms with van der Waals surface area (Å²) >= 11 is 0. The quantitative estimate of drug-likeness (QED) is 0.375. The minimum absolute atomic E-state index is 0.00640. The number of ether oxygens (including phenoxy) is 1. The van der Waals surface area contributed by atoms with Gasteiger partial charge in [-0.15, -0.1) is 0 Å². The van der Waals surface area contributed by atoms with Gasteiger partial charge >= 0.3 is 0 Å². The first-order valence-corrected chi connectivity index (χ1v) is 16.2. The number of amides is 2. The molecule has 4 N–H and O–H groups in total. The fourth-order valence-corrected chi connectivity index (χ4v) is 8.38. The number of hydrogen-bond acceptors (Lipinski definition) is 9. The zero-order valence-electron chi connectivity index (χ0n) is 24.9. The van der Waals surface area contributed by atoms with Gasteiger partial charge in [0.1, 0.15) is 19.1 Å². The third kappa shape index (κ3) is 5.11. The standard InChI is InChI=1S/C31H42F2N8O3/c32-24(33)16-38-15-19-13-20(5-6-22(19)31(18-38)9-10-31)35-30-34-14-21-27(37-30)41-25-8-7-23-28(36-25)39(26(42)17-44-23)11-3-1-2-4-12-40(41)29(21)43/h2,4-6,13,21,23-25,27-28,30,34-37H,1,3,7-12,14-18H2/b4-2-. The average Bonchev–Trinajstić information content (AvgIpc) is 3.70. The van der Waals surface area contributed by atoms with Gasteiger partial charge in [-0.3, -0.25) is 35.4 Å². The Morgan fingerprint density at radius 2 is 2.00 bits per heavy atom. The van der Waals surface area contributed by atoms with E-state index in [1.54, 1.807) is 0 Å². The number of allylic oxidation sites excluding steroid dienone is 1. The number of fused-ring (bicyclic) bond motifs is 7. The molecular weight excluding hydrogens is 570 g/mol. The van der Waals surface area contributed by atoms with Crippen molar-refractivity contribution in [3.63, 3.8) is 0 Å². The topological polar surface area (TPSA) is 104 Å². The van der Waals surface area contributed by atoms with E-state index >= 15 is 0 Å². The molecule has 8 rings (SSSR count). The Hall–Kier alpha value is -2.68. The Labute approximate surface area is 256 Å². The normalized spacial score (nSPS) is 35.9. The average molecular weight is 613 g/mol. The molecule has 1 aromatic carbocycles. The maximum absolute atomic E-state index is 13.8. The van der Waals surface area contributed by atoms with Crippen LogP contribution in [0.1, 0.15) is 49.7 Å². The van der Waals surface area contributed by atoms with E-state index in [0.717, 1.165) is 49.8 Å². The summed E-state index contributed by atoms with van der Waals surface area (Å²) in [6, 6.07) is 6.36. The first-order valence-electron chi connectivity index (χ1n) is 16.2. The molecule has 11 nitrogen and oxygen atoms in total. The lowest BCUT2D eigenvalue weighted by molar-refractivity contribution is -0.176. The van der Waals surface area contributed by atoms with Crippen molar-refractivity contribution < 1.29 is 23.1 Å². The second kappa shape index (κ2) is 11.3. The predicted molar refractivity (Wildman–Crippen MR) is 158 cm³/mol. The number of piperidine rings is 1. The fourth-order valence-electron chi connectivity index (χ4n) is 8.38. The van der Waals surface area contributed by atoms with E-state index in [1.807, 2.05) is 14.8 Å². The Bertz CT molecular complexity index is 1330. The lowest BCUT2D eigenvalue weighted by Gasteiger charge is -2.50. The van der Waals surface area contributed by atoms with Crippen LogP contribution in [0.5, 0.6) is 0 Å². The third-order valence-corrected chi connectivity index (χ3v) is 10.6. The molecular formula is C31H42F2N8O3. The number of carbonyl (C=O) groups excluding carboxylic acids is 2. The van der Waals surface area contributed by atoms with Crippen molar-refractivity contribution in [3.8, 4) is 0 Å². The van der Waals surface area contributed by atoms with E-state index in [2.05, 4.69) is 56.6 Å². The molecule has 0 radical (unpaired) electrons. The van der Waals surface area contributed by atoms with Gasteiger partial charge in [0.2, 0.25) is 11.8 Å². The number of benzene rings is 1. The van der Waals surface area contributed by atoms with E-state index in [9.17, 15) is 18.4 Å². The lowest BCUT2D eigenvalue weighted by atomic mass is 9.86. The lowest BCUT2D eigenvalue weighted by Crippen LogP contribution is -2.72. The summed E-state index contributed by atoms with van der Waals surface area (Å²) in [5.74, 6) is -0.186. The molecule has 13 heteroatoms. The molecule has 6 unspecified atom stereocenters. The van der Waals surface area contributed by atoms with Crippen LogP contribution in [-0.2, 0) is 26.3 Å². The molecule has 1 aromatic rings. The Morgan fingerprint density at radius 3 is 2.84 bits per heavy atom. The van der Waals surface area contributed by atoms with Gasteiger partial charge in [0.25, 0.3) is 6.43 Å². The van der Waals surface area contributed by atoms with Gasteiger partial charge in [0, 0.05) is 37.3 Å². The van der Waals surface area contributed by atoms with Crippen LogP contribution in [0.25, 0.3) is 0 Å². The molecule has 238 valence electrons. The van der Waals surface area contributed by atoms with Crippen molar-refractivity contribution in [2.75, 3.05) is 44.6 Å². The van der Waals surface area contributed by atoms with Crippen molar-refractivity contribution in [2.24, 2.45) is 5.92 Å². The van der Waals surface area contributed by atoms with Crippen LogP contribution in [0.2, 0.25) is 0 Å². The van der Waals surface area contributed by atoms with Gasteiger partial charge in [-0.05, 0) is 61.8 Å². The third-order valence-electron chi connectivity index (χ3n) is 10.6. The summed E-state index contributed by atoms with van der Waals surface area (Å²) in [5.41, 5.74) is 3.34. The van der Waals surface area contributed by atoms with Gasteiger partial charge in [-0.2, -0.15) is 5.01 Å². The van der Waals surface area contributed by atoms with Crippen molar-refractivity contribution in [3.05, 3.63) is 41.5 Å². The summed E-state index contributed by atoms with van der Waals surface area (Å²) in [4.78, 5) is 30.4. The minimum Gasteiger partial charge on any atom is -0.365 e. The summed E-state index contributed by atoms with van der Waals surface area (Å²) in [7, 11) is 0. The molecule has 1 aliphatic carbocycles. The molecule has 7 aliphatic rings. The zero-order chi connectivity index (χ0) is 30.0. The summed E-state index contributed by atoms with van der Waals surface area (Å²) in [6.07, 6.45) is 6.24. The van der Waals surface area contributed by atoms with Crippen LogP contribution in [0, 0.1) is 5.92 Å². The Morgan fingerprint density at radius 1 is 1.11 bits per heavy atom. The molecule has 2 bridgehead atoms. The summed E-state index contributed by atoms with van der Waals surface area (Å²) < 4.78 is 32.4. The van der Waals surface area contributed by atoms with Crippen molar-refractivity contribution in [2.45, 2.75) is 87.8 Å². The van der Waals surface area contributed by atoms with Crippen LogP contribution < -0.4 is 21.3 Å². The SMILES string of the molecule is O=C1COC2CCC3NC2N1CCC/C=C\CN1C(=O)C2CNC(Nc4ccc5c(c4)CN(CC(F)F)CC54CC4)NC2N31. The molecule has 1 saturated carbocycles. The second-order valence-corrected chi connectivity index (χ2v) is 13.5. The number of rotatable bonds is 4. The van der Waals surface area contributed by atoms with Crippen LogP contribution in [-0.4, -0.2) is 108 Å². The number of hydrazine groups is 1. The highest BCUT2D eigenvalue weighted by atomic mass is 19.3. The molecule has 2 amide bonds. The van der Waals surface area contributed by atoms with Crippen molar-refractivity contribution in [1.29, 1.82) is 0 Å². The highest BCUT2D eigenvalue weighted by Crippen LogP contribution is 2.52. The molecule has 0 aromatic heterocycles. The van der Waals surface area contributed by atoms with Crippen LogP contribution in [0.4, 0.5) is 14.5 Å². The van der Waals surface area contributed by atoms with E-state index in [1.165, 1.54) is 5.56 Å². The Balaban J connectivity index is 1.02. The molecule has 6 atom stereocenters. The van der Waals surface area contributed by atoms with Crippen molar-refractivity contribution >= 4 is 17.5 Å². The van der Waals surface area contributed by atoms with E-state index in [-0.39, 0.29) is 67.2 Å². The minimum atomic E-state index is -2.34. The summed E-state index contributed by atoms with van der Waals surface area (Å²) in [6.45, 7) is 2.84. The molecule has 4 saturated heterocycles. The van der Waals surface area contributed by atoms with Crippen LogP contribution in [0.15, 0.2) is 30.4 Å². The van der Waals surface area contributed by atoms with Crippen LogP contribution >= 0.6 is 0 Å². The highest BCUT2D eigenvalue weighted by Gasteiger charge is 2.54. The predicted octanol–water partition coefficient (Wildman–Crippen LogP) is 1.30. The maximum atomic E-state index is 13.8. The van der Waals surface area contributed by atoms with Crippen LogP contribution in [0.3, 0.4) is 0 Å². The molecule has 5 fully saturated rings. The fraction of sp³-hybridized carbons (Fsp3) is 0.677.